The average Bonchev–Trinajstić information content (AvgIpc) is 2.57. The Balaban J connectivity index is 2.51. The number of halogens is 9. The zero-order valence-electron chi connectivity index (χ0n) is 14.9. The van der Waals surface area contributed by atoms with Crippen LogP contribution in [0.4, 0.5) is 44.3 Å². The molecule has 1 atom stereocenters. The summed E-state index contributed by atoms with van der Waals surface area (Å²) >= 11 is 0. The first-order valence-corrected chi connectivity index (χ1v) is 8.30. The average molecular weight is 444 g/mol. The fourth-order valence-electron chi connectivity index (χ4n) is 2.59. The molecule has 0 saturated carbocycles. The predicted octanol–water partition coefficient (Wildman–Crippen LogP) is 4.12. The van der Waals surface area contributed by atoms with E-state index in [9.17, 15) is 53.9 Å². The molecule has 0 aliphatic carbocycles. The van der Waals surface area contributed by atoms with Crippen molar-refractivity contribution in [2.24, 2.45) is 5.92 Å². The fraction of sp³-hybridized carbons (Fsp3) is 0.800. The maximum Gasteiger partial charge on any atom is 0.460 e. The molecule has 5 nitrogen and oxygen atoms in total. The molecule has 29 heavy (non-hydrogen) atoms. The summed E-state index contributed by atoms with van der Waals surface area (Å²) in [6.07, 6.45) is -9.83. The molecule has 0 aromatic rings. The number of imide groups is 2. The van der Waals surface area contributed by atoms with E-state index in [0.717, 1.165) is 7.05 Å². The summed E-state index contributed by atoms with van der Waals surface area (Å²) in [7, 11) is 1.12. The zero-order chi connectivity index (χ0) is 22.8. The Bertz CT molecular complexity index is 649. The first kappa shape index (κ1) is 25.0. The van der Waals surface area contributed by atoms with E-state index in [4.69, 9.17) is 0 Å². The van der Waals surface area contributed by atoms with Gasteiger partial charge in [-0.05, 0) is 12.8 Å². The normalized spacial score (nSPS) is 19.6. The van der Waals surface area contributed by atoms with Crippen molar-refractivity contribution >= 4 is 17.8 Å². The molecule has 0 radical (unpaired) electrons. The highest BCUT2D eigenvalue weighted by molar-refractivity contribution is 6.15. The number of amides is 4. The molecule has 1 aliphatic heterocycles. The second-order valence-electron chi connectivity index (χ2n) is 6.55. The van der Waals surface area contributed by atoms with Crippen LogP contribution in [0.2, 0.25) is 0 Å². The summed E-state index contributed by atoms with van der Waals surface area (Å²) in [6, 6.07) is -0.921. The van der Waals surface area contributed by atoms with Gasteiger partial charge in [0.15, 0.2) is 0 Å². The van der Waals surface area contributed by atoms with Crippen molar-refractivity contribution in [3.8, 4) is 0 Å². The van der Waals surface area contributed by atoms with Gasteiger partial charge in [-0.15, -0.1) is 0 Å². The molecule has 1 saturated heterocycles. The van der Waals surface area contributed by atoms with E-state index in [2.05, 4.69) is 0 Å². The second-order valence-corrected chi connectivity index (χ2v) is 6.55. The first-order valence-electron chi connectivity index (χ1n) is 8.30. The molecule has 168 valence electrons. The van der Waals surface area contributed by atoms with Crippen LogP contribution in [-0.2, 0) is 9.59 Å². The molecule has 1 N–H and O–H groups in total. The van der Waals surface area contributed by atoms with Gasteiger partial charge < -0.3 is 0 Å². The van der Waals surface area contributed by atoms with E-state index in [1.54, 1.807) is 0 Å². The fourth-order valence-corrected chi connectivity index (χ4v) is 2.59. The van der Waals surface area contributed by atoms with Crippen LogP contribution in [0.15, 0.2) is 0 Å². The summed E-state index contributed by atoms with van der Waals surface area (Å²) in [4.78, 5) is 35.2. The Morgan fingerprint density at radius 3 is 1.86 bits per heavy atom. The van der Waals surface area contributed by atoms with Gasteiger partial charge in [-0.25, -0.2) is 4.79 Å². The molecule has 1 fully saturated rings. The van der Waals surface area contributed by atoms with Crippen molar-refractivity contribution in [1.82, 2.24) is 10.2 Å². The van der Waals surface area contributed by atoms with Gasteiger partial charge in [-0.3, -0.25) is 19.8 Å². The van der Waals surface area contributed by atoms with Crippen LogP contribution in [0.3, 0.4) is 0 Å². The maximum atomic E-state index is 13.3. The van der Waals surface area contributed by atoms with Crippen LogP contribution >= 0.6 is 0 Å². The Morgan fingerprint density at radius 1 is 0.828 bits per heavy atom. The van der Waals surface area contributed by atoms with E-state index in [1.807, 2.05) is 5.32 Å². The highest BCUT2D eigenvalue weighted by Gasteiger charge is 2.81. The molecule has 1 heterocycles. The Kier molecular flexibility index (Phi) is 7.23. The molecular formula is C15H17F9N2O3. The minimum absolute atomic E-state index is 0.00599. The number of unbranched alkanes of at least 4 members (excludes halogenated alkanes) is 3. The number of barbiturate groups is 1. The number of carbonyl (C=O) groups excluding carboxylic acids is 3. The summed E-state index contributed by atoms with van der Waals surface area (Å²) in [5.41, 5.74) is 0. The molecule has 0 aromatic heterocycles. The van der Waals surface area contributed by atoms with E-state index in [-0.39, 0.29) is 25.7 Å². The number of urea groups is 1. The van der Waals surface area contributed by atoms with E-state index in [1.165, 1.54) is 0 Å². The smallest absolute Gasteiger partial charge is 0.277 e. The third-order valence-electron chi connectivity index (χ3n) is 4.42. The van der Waals surface area contributed by atoms with E-state index < -0.39 is 60.5 Å². The molecule has 14 heteroatoms. The monoisotopic (exact) mass is 444 g/mol. The minimum Gasteiger partial charge on any atom is -0.277 e. The van der Waals surface area contributed by atoms with E-state index >= 15 is 0 Å². The number of hydrogen-bond donors (Lipinski definition) is 1. The second kappa shape index (κ2) is 8.38. The molecule has 1 aliphatic rings. The molecule has 1 rings (SSSR count). The van der Waals surface area contributed by atoms with Crippen LogP contribution in [0.5, 0.6) is 0 Å². The minimum atomic E-state index is -6.90. The molecular weight excluding hydrogens is 427 g/mol. The Labute approximate surface area is 158 Å². The lowest BCUT2D eigenvalue weighted by atomic mass is 9.95. The third-order valence-corrected chi connectivity index (χ3v) is 4.42. The first-order chi connectivity index (χ1) is 13.0. The van der Waals surface area contributed by atoms with Crippen LogP contribution in [0.25, 0.3) is 0 Å². The largest absolute Gasteiger partial charge is 0.460 e. The lowest BCUT2D eigenvalue weighted by Crippen LogP contribution is -2.60. The third kappa shape index (κ3) is 4.94. The standard InChI is InChI=1S/C15H17F9N2O3/c1-26-10(28)8(9(27)25-11(26)29)6-4-2-3-5-7-12(16,17)13(18,19)14(20,21)15(22,23)24/h8H,2-7H2,1H3,(H,25,27,29). The highest BCUT2D eigenvalue weighted by Crippen LogP contribution is 2.54. The summed E-state index contributed by atoms with van der Waals surface area (Å²) in [6.45, 7) is 0. The van der Waals surface area contributed by atoms with Crippen molar-refractivity contribution in [1.29, 1.82) is 0 Å². The van der Waals surface area contributed by atoms with Crippen LogP contribution in [0, 0.1) is 5.92 Å². The summed E-state index contributed by atoms with van der Waals surface area (Å²) in [5, 5.41) is 1.91. The van der Waals surface area contributed by atoms with Gasteiger partial charge in [0.1, 0.15) is 5.92 Å². The van der Waals surface area contributed by atoms with Crippen molar-refractivity contribution in [3.05, 3.63) is 0 Å². The zero-order valence-corrected chi connectivity index (χ0v) is 14.9. The maximum absolute atomic E-state index is 13.3. The molecule has 1 unspecified atom stereocenters. The number of alkyl halides is 9. The Morgan fingerprint density at radius 2 is 1.34 bits per heavy atom. The number of nitrogens with zero attached hydrogens (tertiary/aromatic N) is 1. The topological polar surface area (TPSA) is 66.5 Å². The van der Waals surface area contributed by atoms with Crippen LogP contribution in [0.1, 0.15) is 38.5 Å². The van der Waals surface area contributed by atoms with E-state index in [0.29, 0.717) is 4.90 Å². The van der Waals surface area contributed by atoms with Gasteiger partial charge in [-0.2, -0.15) is 39.5 Å². The van der Waals surface area contributed by atoms with Crippen molar-refractivity contribution in [3.63, 3.8) is 0 Å². The molecule has 4 amide bonds. The highest BCUT2D eigenvalue weighted by atomic mass is 19.4. The number of rotatable bonds is 9. The van der Waals surface area contributed by atoms with Gasteiger partial charge in [0, 0.05) is 13.5 Å². The Hall–Kier alpha value is -2.02. The number of nitrogens with one attached hydrogen (secondary N) is 1. The van der Waals surface area contributed by atoms with Crippen LogP contribution in [-0.4, -0.2) is 53.7 Å². The number of hydrogen-bond acceptors (Lipinski definition) is 3. The van der Waals surface area contributed by atoms with Gasteiger partial charge in [0.25, 0.3) is 0 Å². The SMILES string of the molecule is CN1C(=O)NC(=O)C(CCCCCCC(F)(F)C(F)(F)C(F)(F)C(F)(F)F)C1=O. The van der Waals surface area contributed by atoms with Gasteiger partial charge in [0.2, 0.25) is 11.8 Å². The lowest BCUT2D eigenvalue weighted by molar-refractivity contribution is -0.396. The summed E-state index contributed by atoms with van der Waals surface area (Å²) < 4.78 is 114. The molecule has 0 spiro atoms. The van der Waals surface area contributed by atoms with Gasteiger partial charge in [0.05, 0.1) is 0 Å². The van der Waals surface area contributed by atoms with Gasteiger partial charge >= 0.3 is 30.0 Å². The van der Waals surface area contributed by atoms with Gasteiger partial charge in [-0.1, -0.05) is 19.3 Å². The summed E-state index contributed by atoms with van der Waals surface area (Å²) in [5.74, 6) is -22.0. The quantitative estimate of drug-likeness (QED) is 0.331. The molecule has 0 bridgehead atoms. The predicted molar refractivity (Wildman–Crippen MR) is 78.4 cm³/mol. The number of carbonyl (C=O) groups is 3. The lowest BCUT2D eigenvalue weighted by Gasteiger charge is -2.33. The van der Waals surface area contributed by atoms with Crippen molar-refractivity contribution in [2.75, 3.05) is 7.05 Å². The van der Waals surface area contributed by atoms with Crippen LogP contribution < -0.4 is 5.32 Å². The van der Waals surface area contributed by atoms with Crippen molar-refractivity contribution in [2.45, 2.75) is 62.5 Å². The van der Waals surface area contributed by atoms with Crippen molar-refractivity contribution < 1.29 is 53.9 Å². The molecule has 0 aromatic carbocycles.